The molecule has 1 fully saturated rings. The van der Waals surface area contributed by atoms with Gasteiger partial charge in [-0.3, -0.25) is 14.9 Å². The van der Waals surface area contributed by atoms with Gasteiger partial charge in [0, 0.05) is 13.1 Å². The summed E-state index contributed by atoms with van der Waals surface area (Å²) >= 11 is 0. The number of rotatable bonds is 4. The number of amides is 1. The summed E-state index contributed by atoms with van der Waals surface area (Å²) in [5.74, 6) is -0.226. The first-order valence-corrected chi connectivity index (χ1v) is 5.86. The average Bonchev–Trinajstić information content (AvgIpc) is 2.89. The lowest BCUT2D eigenvalue weighted by molar-refractivity contribution is -0.384. The maximum Gasteiger partial charge on any atom is 0.329 e. The number of nitro groups is 1. The molecular formula is C10H14N6O3. The second kappa shape index (κ2) is 5.46. The minimum Gasteiger partial charge on any atom is -0.368 e. The molecule has 2 rings (SSSR count). The SMILES string of the molecule is Nc1ncc([N+](=O)[O-])c(NCC(=O)N2CCCC2)n1. The van der Waals surface area contributed by atoms with E-state index in [0.29, 0.717) is 0 Å². The third kappa shape index (κ3) is 3.06. The van der Waals surface area contributed by atoms with Crippen LogP contribution in [0.1, 0.15) is 12.8 Å². The largest absolute Gasteiger partial charge is 0.368 e. The highest BCUT2D eigenvalue weighted by atomic mass is 16.6. The van der Waals surface area contributed by atoms with E-state index in [2.05, 4.69) is 15.3 Å². The highest BCUT2D eigenvalue weighted by molar-refractivity contribution is 5.81. The molecule has 0 radical (unpaired) electrons. The first-order chi connectivity index (χ1) is 9.08. The molecule has 9 heteroatoms. The van der Waals surface area contributed by atoms with Gasteiger partial charge in [-0.15, -0.1) is 0 Å². The lowest BCUT2D eigenvalue weighted by Gasteiger charge is -2.15. The van der Waals surface area contributed by atoms with Crippen molar-refractivity contribution < 1.29 is 9.72 Å². The topological polar surface area (TPSA) is 127 Å². The van der Waals surface area contributed by atoms with Crippen molar-refractivity contribution in [2.75, 3.05) is 30.7 Å². The molecule has 0 aromatic carbocycles. The van der Waals surface area contributed by atoms with Crippen molar-refractivity contribution in [3.05, 3.63) is 16.3 Å². The number of hydrogen-bond donors (Lipinski definition) is 2. The predicted molar refractivity (Wildman–Crippen MR) is 67.4 cm³/mol. The van der Waals surface area contributed by atoms with Crippen molar-refractivity contribution in [1.82, 2.24) is 14.9 Å². The van der Waals surface area contributed by atoms with Gasteiger partial charge >= 0.3 is 5.69 Å². The number of aromatic nitrogens is 2. The van der Waals surface area contributed by atoms with Gasteiger partial charge in [-0.2, -0.15) is 4.98 Å². The quantitative estimate of drug-likeness (QED) is 0.580. The van der Waals surface area contributed by atoms with Gasteiger partial charge in [0.05, 0.1) is 11.5 Å². The van der Waals surface area contributed by atoms with E-state index in [9.17, 15) is 14.9 Å². The van der Waals surface area contributed by atoms with Crippen LogP contribution in [-0.4, -0.2) is 45.3 Å². The maximum atomic E-state index is 11.8. The Morgan fingerprint density at radius 2 is 2.21 bits per heavy atom. The Morgan fingerprint density at radius 3 is 2.84 bits per heavy atom. The summed E-state index contributed by atoms with van der Waals surface area (Å²) in [6, 6.07) is 0. The number of hydrogen-bond acceptors (Lipinski definition) is 7. The third-order valence-electron chi connectivity index (χ3n) is 2.85. The van der Waals surface area contributed by atoms with Crippen LogP contribution in [0.2, 0.25) is 0 Å². The molecule has 102 valence electrons. The average molecular weight is 266 g/mol. The van der Waals surface area contributed by atoms with Gasteiger partial charge in [0.15, 0.2) is 0 Å². The van der Waals surface area contributed by atoms with E-state index in [1.54, 1.807) is 4.90 Å². The Hall–Kier alpha value is -2.45. The maximum absolute atomic E-state index is 11.8. The highest BCUT2D eigenvalue weighted by Gasteiger charge is 2.20. The summed E-state index contributed by atoms with van der Waals surface area (Å²) < 4.78 is 0. The van der Waals surface area contributed by atoms with E-state index in [1.165, 1.54) is 0 Å². The molecule has 0 aliphatic carbocycles. The zero-order valence-electron chi connectivity index (χ0n) is 10.2. The monoisotopic (exact) mass is 266 g/mol. The molecule has 2 heterocycles. The van der Waals surface area contributed by atoms with Crippen LogP contribution in [0.3, 0.4) is 0 Å². The van der Waals surface area contributed by atoms with E-state index in [4.69, 9.17) is 5.73 Å². The van der Waals surface area contributed by atoms with Crippen molar-refractivity contribution in [2.45, 2.75) is 12.8 Å². The minimum atomic E-state index is -0.623. The molecule has 1 aliphatic heterocycles. The van der Waals surface area contributed by atoms with Crippen molar-refractivity contribution in [3.8, 4) is 0 Å². The summed E-state index contributed by atoms with van der Waals surface area (Å²) in [5, 5.41) is 13.4. The van der Waals surface area contributed by atoms with Crippen LogP contribution in [0.4, 0.5) is 17.5 Å². The zero-order valence-corrected chi connectivity index (χ0v) is 10.2. The Balaban J connectivity index is 2.04. The molecule has 1 aromatic heterocycles. The second-order valence-corrected chi connectivity index (χ2v) is 4.16. The molecule has 0 bridgehead atoms. The standard InChI is InChI=1S/C10H14N6O3/c11-10-13-5-7(16(18)19)9(14-10)12-6-8(17)15-3-1-2-4-15/h5H,1-4,6H2,(H3,11,12,13,14). The number of carbonyl (C=O) groups is 1. The summed E-state index contributed by atoms with van der Waals surface area (Å²) in [6.45, 7) is 1.42. The van der Waals surface area contributed by atoms with Crippen LogP contribution in [0.25, 0.3) is 0 Å². The number of carbonyl (C=O) groups excluding carboxylic acids is 1. The molecule has 0 atom stereocenters. The van der Waals surface area contributed by atoms with Crippen molar-refractivity contribution >= 4 is 23.4 Å². The Labute approximate surface area is 109 Å². The molecule has 0 unspecified atom stereocenters. The lowest BCUT2D eigenvalue weighted by Crippen LogP contribution is -2.33. The van der Waals surface area contributed by atoms with Crippen molar-refractivity contribution in [2.24, 2.45) is 0 Å². The van der Waals surface area contributed by atoms with Crippen molar-refractivity contribution in [1.29, 1.82) is 0 Å². The number of nitrogens with one attached hydrogen (secondary N) is 1. The van der Waals surface area contributed by atoms with Gasteiger partial charge in [-0.25, -0.2) is 4.98 Å². The first kappa shape index (κ1) is 13.0. The fourth-order valence-electron chi connectivity index (χ4n) is 1.89. The van der Waals surface area contributed by atoms with Crippen LogP contribution in [0.5, 0.6) is 0 Å². The smallest absolute Gasteiger partial charge is 0.329 e. The van der Waals surface area contributed by atoms with Crippen LogP contribution in [0, 0.1) is 10.1 Å². The van der Waals surface area contributed by atoms with Crippen LogP contribution >= 0.6 is 0 Å². The summed E-state index contributed by atoms with van der Waals surface area (Å²) in [5.41, 5.74) is 5.07. The van der Waals surface area contributed by atoms with E-state index in [1.807, 2.05) is 0 Å². The van der Waals surface area contributed by atoms with Gasteiger partial charge in [0.25, 0.3) is 0 Å². The number of likely N-dealkylation sites (tertiary alicyclic amines) is 1. The van der Waals surface area contributed by atoms with E-state index in [0.717, 1.165) is 32.1 Å². The third-order valence-corrected chi connectivity index (χ3v) is 2.85. The van der Waals surface area contributed by atoms with Gasteiger partial charge < -0.3 is 16.0 Å². The normalized spacial score (nSPS) is 14.4. The highest BCUT2D eigenvalue weighted by Crippen LogP contribution is 2.20. The Morgan fingerprint density at radius 1 is 1.53 bits per heavy atom. The predicted octanol–water partition coefficient (Wildman–Crippen LogP) is 0.00130. The number of anilines is 2. The van der Waals surface area contributed by atoms with E-state index in [-0.39, 0.29) is 29.9 Å². The first-order valence-electron chi connectivity index (χ1n) is 5.86. The summed E-state index contributed by atoms with van der Waals surface area (Å²) in [6.07, 6.45) is 3.00. The van der Waals surface area contributed by atoms with E-state index >= 15 is 0 Å². The minimum absolute atomic E-state index is 0.0370. The molecule has 3 N–H and O–H groups in total. The molecule has 1 saturated heterocycles. The fraction of sp³-hybridized carbons (Fsp3) is 0.500. The Kier molecular flexibility index (Phi) is 3.74. The van der Waals surface area contributed by atoms with Gasteiger partial charge in [-0.05, 0) is 12.8 Å². The second-order valence-electron chi connectivity index (χ2n) is 4.16. The Bertz CT molecular complexity index is 500. The molecule has 19 heavy (non-hydrogen) atoms. The number of nitrogen functional groups attached to an aromatic ring is 1. The van der Waals surface area contributed by atoms with Crippen LogP contribution < -0.4 is 11.1 Å². The molecule has 1 aromatic rings. The van der Waals surface area contributed by atoms with Crippen LogP contribution in [-0.2, 0) is 4.79 Å². The van der Waals surface area contributed by atoms with E-state index < -0.39 is 4.92 Å². The zero-order chi connectivity index (χ0) is 13.8. The molecule has 0 saturated carbocycles. The molecule has 1 aliphatic rings. The number of nitrogens with zero attached hydrogens (tertiary/aromatic N) is 4. The molecule has 0 spiro atoms. The molecule has 1 amide bonds. The lowest BCUT2D eigenvalue weighted by atomic mass is 10.4. The van der Waals surface area contributed by atoms with Crippen molar-refractivity contribution in [3.63, 3.8) is 0 Å². The summed E-state index contributed by atoms with van der Waals surface area (Å²) in [4.78, 5) is 31.0. The number of nitrogens with two attached hydrogens (primary N) is 1. The molecule has 9 nitrogen and oxygen atoms in total. The summed E-state index contributed by atoms with van der Waals surface area (Å²) in [7, 11) is 0. The van der Waals surface area contributed by atoms with Crippen LogP contribution in [0.15, 0.2) is 6.20 Å². The van der Waals surface area contributed by atoms with Gasteiger partial charge in [0.2, 0.25) is 17.7 Å². The van der Waals surface area contributed by atoms with Gasteiger partial charge in [0.1, 0.15) is 6.20 Å². The molecular weight excluding hydrogens is 252 g/mol. The fourth-order valence-corrected chi connectivity index (χ4v) is 1.89. The van der Waals surface area contributed by atoms with Gasteiger partial charge in [-0.1, -0.05) is 0 Å².